The molecule has 0 bridgehead atoms. The SMILES string of the molecule is COCCN1C(=O)CCN(S(=O)(=O)c2ccc(OC)cc2)[C@@H]1C(N)=O. The largest absolute Gasteiger partial charge is 0.497 e. The quantitative estimate of drug-likeness (QED) is 0.682. The van der Waals surface area contributed by atoms with Crippen LogP contribution in [0, 0.1) is 0 Å². The van der Waals surface area contributed by atoms with Crippen molar-refractivity contribution in [1.29, 1.82) is 0 Å². The lowest BCUT2D eigenvalue weighted by atomic mass is 10.2. The number of nitrogens with two attached hydrogens (primary N) is 1. The van der Waals surface area contributed by atoms with Crippen LogP contribution in [0.2, 0.25) is 0 Å². The Morgan fingerprint density at radius 1 is 1.28 bits per heavy atom. The third-order valence-electron chi connectivity index (χ3n) is 3.89. The second kappa shape index (κ2) is 7.81. The Labute approximate surface area is 146 Å². The summed E-state index contributed by atoms with van der Waals surface area (Å²) in [6, 6.07) is 5.76. The number of ether oxygens (including phenoxy) is 2. The molecule has 0 saturated carbocycles. The van der Waals surface area contributed by atoms with Gasteiger partial charge < -0.3 is 20.1 Å². The van der Waals surface area contributed by atoms with Crippen molar-refractivity contribution in [2.75, 3.05) is 33.9 Å². The fourth-order valence-electron chi connectivity index (χ4n) is 2.63. The van der Waals surface area contributed by atoms with E-state index in [0.29, 0.717) is 5.75 Å². The normalized spacial score (nSPS) is 19.0. The van der Waals surface area contributed by atoms with Gasteiger partial charge in [-0.1, -0.05) is 0 Å². The van der Waals surface area contributed by atoms with E-state index in [4.69, 9.17) is 15.2 Å². The number of amides is 2. The Morgan fingerprint density at radius 3 is 2.44 bits per heavy atom. The van der Waals surface area contributed by atoms with Gasteiger partial charge in [-0.25, -0.2) is 8.42 Å². The molecule has 1 saturated heterocycles. The topological polar surface area (TPSA) is 119 Å². The summed E-state index contributed by atoms with van der Waals surface area (Å²) >= 11 is 0. The first-order chi connectivity index (χ1) is 11.8. The maximum atomic E-state index is 12.9. The van der Waals surface area contributed by atoms with Crippen LogP contribution >= 0.6 is 0 Å². The summed E-state index contributed by atoms with van der Waals surface area (Å²) in [6.45, 7) is 0.105. The number of methoxy groups -OCH3 is 2. The monoisotopic (exact) mass is 371 g/mol. The highest BCUT2D eigenvalue weighted by atomic mass is 32.2. The molecule has 25 heavy (non-hydrogen) atoms. The molecule has 0 aromatic heterocycles. The van der Waals surface area contributed by atoms with Gasteiger partial charge in [-0.3, -0.25) is 9.59 Å². The van der Waals surface area contributed by atoms with Gasteiger partial charge in [-0.2, -0.15) is 4.31 Å². The highest BCUT2D eigenvalue weighted by Gasteiger charge is 2.44. The lowest BCUT2D eigenvalue weighted by Gasteiger charge is -2.40. The summed E-state index contributed by atoms with van der Waals surface area (Å²) in [5, 5.41) is 0. The van der Waals surface area contributed by atoms with Crippen molar-refractivity contribution in [2.24, 2.45) is 5.73 Å². The summed E-state index contributed by atoms with van der Waals surface area (Å²) in [6.07, 6.45) is -1.42. The molecular weight excluding hydrogens is 350 g/mol. The maximum absolute atomic E-state index is 12.9. The zero-order valence-electron chi connectivity index (χ0n) is 14.0. The van der Waals surface area contributed by atoms with Crippen LogP contribution in [-0.4, -0.2) is 69.5 Å². The fraction of sp³-hybridized carbons (Fsp3) is 0.467. The van der Waals surface area contributed by atoms with Crippen LogP contribution in [0.15, 0.2) is 29.2 Å². The first-order valence-electron chi connectivity index (χ1n) is 7.56. The smallest absolute Gasteiger partial charge is 0.256 e. The van der Waals surface area contributed by atoms with Crippen LogP contribution in [0.25, 0.3) is 0 Å². The zero-order valence-corrected chi connectivity index (χ0v) is 14.9. The van der Waals surface area contributed by atoms with Gasteiger partial charge >= 0.3 is 0 Å². The third kappa shape index (κ3) is 3.91. The summed E-state index contributed by atoms with van der Waals surface area (Å²) in [5.41, 5.74) is 5.40. The number of hydrogen-bond donors (Lipinski definition) is 1. The van der Waals surface area contributed by atoms with Crippen molar-refractivity contribution in [2.45, 2.75) is 17.5 Å². The average molecular weight is 371 g/mol. The predicted molar refractivity (Wildman–Crippen MR) is 88.1 cm³/mol. The van der Waals surface area contributed by atoms with Gasteiger partial charge in [0.2, 0.25) is 15.9 Å². The Hall–Kier alpha value is -2.17. The van der Waals surface area contributed by atoms with Crippen molar-refractivity contribution >= 4 is 21.8 Å². The van der Waals surface area contributed by atoms with Crippen LogP contribution < -0.4 is 10.5 Å². The number of carbonyl (C=O) groups is 2. The van der Waals surface area contributed by atoms with E-state index in [1.54, 1.807) is 0 Å². The standard InChI is InChI=1S/C15H21N3O6S/c1-23-10-9-17-13(19)7-8-18(15(17)14(16)20)25(21,22)12-5-3-11(24-2)4-6-12/h3-6,15H,7-10H2,1-2H3,(H2,16,20)/t15-/m1/s1. The summed E-state index contributed by atoms with van der Waals surface area (Å²) in [5.74, 6) is -0.760. The number of hydrogen-bond acceptors (Lipinski definition) is 6. The minimum Gasteiger partial charge on any atom is -0.497 e. The van der Waals surface area contributed by atoms with Gasteiger partial charge in [0, 0.05) is 26.6 Å². The van der Waals surface area contributed by atoms with Crippen molar-refractivity contribution in [1.82, 2.24) is 9.21 Å². The second-order valence-electron chi connectivity index (χ2n) is 5.40. The van der Waals surface area contributed by atoms with Crippen LogP contribution in [0.5, 0.6) is 5.75 Å². The lowest BCUT2D eigenvalue weighted by molar-refractivity contribution is -0.148. The summed E-state index contributed by atoms with van der Waals surface area (Å²) in [4.78, 5) is 25.2. The van der Waals surface area contributed by atoms with Gasteiger partial charge in [0.05, 0.1) is 18.6 Å². The van der Waals surface area contributed by atoms with Crippen molar-refractivity contribution < 1.29 is 27.5 Å². The van der Waals surface area contributed by atoms with Gasteiger partial charge in [0.15, 0.2) is 6.17 Å². The predicted octanol–water partition coefficient (Wildman–Crippen LogP) is -0.624. The molecule has 1 fully saturated rings. The molecular formula is C15H21N3O6S. The number of sulfonamides is 1. The first-order valence-corrected chi connectivity index (χ1v) is 9.00. The molecule has 1 aromatic rings. The summed E-state index contributed by atoms with van der Waals surface area (Å²) in [7, 11) is -1.11. The lowest BCUT2D eigenvalue weighted by Crippen LogP contribution is -2.63. The van der Waals surface area contributed by atoms with Crippen molar-refractivity contribution in [3.05, 3.63) is 24.3 Å². The molecule has 0 unspecified atom stereocenters. The second-order valence-corrected chi connectivity index (χ2v) is 7.29. The number of benzene rings is 1. The molecule has 1 aliphatic heterocycles. The van der Waals surface area contributed by atoms with E-state index in [0.717, 1.165) is 9.21 Å². The Bertz CT molecular complexity index is 734. The Balaban J connectivity index is 2.39. The molecule has 138 valence electrons. The highest BCUT2D eigenvalue weighted by molar-refractivity contribution is 7.89. The van der Waals surface area contributed by atoms with Gasteiger partial charge in [-0.05, 0) is 24.3 Å². The molecule has 2 rings (SSSR count). The van der Waals surface area contributed by atoms with E-state index in [1.807, 2.05) is 0 Å². The van der Waals surface area contributed by atoms with E-state index < -0.39 is 22.1 Å². The fourth-order valence-corrected chi connectivity index (χ4v) is 4.19. The van der Waals surface area contributed by atoms with Crippen molar-refractivity contribution in [3.63, 3.8) is 0 Å². The van der Waals surface area contributed by atoms with Crippen LogP contribution in [0.4, 0.5) is 0 Å². The van der Waals surface area contributed by atoms with E-state index in [2.05, 4.69) is 0 Å². The first kappa shape index (κ1) is 19.2. The van der Waals surface area contributed by atoms with E-state index in [9.17, 15) is 18.0 Å². The molecule has 2 N–H and O–H groups in total. The minimum atomic E-state index is -4.02. The third-order valence-corrected chi connectivity index (χ3v) is 5.76. The Kier molecular flexibility index (Phi) is 5.98. The molecule has 0 radical (unpaired) electrons. The molecule has 1 atom stereocenters. The molecule has 1 aliphatic rings. The average Bonchev–Trinajstić information content (AvgIpc) is 2.60. The van der Waals surface area contributed by atoms with Crippen LogP contribution in [0.1, 0.15) is 6.42 Å². The van der Waals surface area contributed by atoms with Crippen LogP contribution in [-0.2, 0) is 24.3 Å². The van der Waals surface area contributed by atoms with Crippen LogP contribution in [0.3, 0.4) is 0 Å². The Morgan fingerprint density at radius 2 is 1.92 bits per heavy atom. The minimum absolute atomic E-state index is 0.0133. The molecule has 9 nitrogen and oxygen atoms in total. The molecule has 0 aliphatic carbocycles. The zero-order chi connectivity index (χ0) is 18.6. The van der Waals surface area contributed by atoms with Gasteiger partial charge in [-0.15, -0.1) is 0 Å². The van der Waals surface area contributed by atoms with E-state index >= 15 is 0 Å². The number of carbonyl (C=O) groups excluding carboxylic acids is 2. The highest BCUT2D eigenvalue weighted by Crippen LogP contribution is 2.25. The summed E-state index contributed by atoms with van der Waals surface area (Å²) < 4.78 is 36.8. The van der Waals surface area contributed by atoms with Gasteiger partial charge in [0.25, 0.3) is 5.91 Å². The molecule has 10 heteroatoms. The maximum Gasteiger partial charge on any atom is 0.256 e. The van der Waals surface area contributed by atoms with E-state index in [-0.39, 0.29) is 36.9 Å². The molecule has 0 spiro atoms. The number of rotatable bonds is 7. The van der Waals surface area contributed by atoms with Gasteiger partial charge in [0.1, 0.15) is 5.75 Å². The number of primary amides is 1. The molecule has 2 amide bonds. The molecule has 1 aromatic carbocycles. The number of nitrogens with zero attached hydrogens (tertiary/aromatic N) is 2. The van der Waals surface area contributed by atoms with Crippen molar-refractivity contribution in [3.8, 4) is 5.75 Å². The van der Waals surface area contributed by atoms with E-state index in [1.165, 1.54) is 38.5 Å². The molecule has 1 heterocycles.